The number of hydrogen-bond donors (Lipinski definition) is 1. The maximum Gasteiger partial charge on any atom is 0.208 e. The van der Waals surface area contributed by atoms with E-state index in [-0.39, 0.29) is 0 Å². The monoisotopic (exact) mass is 373 g/mol. The van der Waals surface area contributed by atoms with Crippen molar-refractivity contribution in [3.05, 3.63) is 38.7 Å². The van der Waals surface area contributed by atoms with E-state index in [1.165, 1.54) is 12.8 Å². The number of benzene rings is 1. The molecule has 0 bridgehead atoms. The first-order valence-corrected chi connectivity index (χ1v) is 7.37. The first kappa shape index (κ1) is 12.3. The molecule has 1 saturated carbocycles. The lowest BCUT2D eigenvalue weighted by atomic mass is 10.3. The molecule has 0 amide bonds. The number of nitrogens with zero attached hydrogens (tertiary/aromatic N) is 2. The zero-order valence-corrected chi connectivity index (χ0v) is 12.9. The second kappa shape index (κ2) is 4.74. The molecule has 5 heteroatoms. The van der Waals surface area contributed by atoms with E-state index in [1.807, 2.05) is 29.8 Å². The Bertz CT molecular complexity index is 590. The fourth-order valence-electron chi connectivity index (χ4n) is 1.86. The Morgan fingerprint density at radius 2 is 2.22 bits per heavy atom. The summed E-state index contributed by atoms with van der Waals surface area (Å²) in [7, 11) is 0. The summed E-state index contributed by atoms with van der Waals surface area (Å²) in [5.74, 6) is 0.888. The summed E-state index contributed by atoms with van der Waals surface area (Å²) in [6.45, 7) is 2.00. The molecule has 0 spiro atoms. The summed E-state index contributed by atoms with van der Waals surface area (Å²) in [5.41, 5.74) is 1.97. The maximum atomic E-state index is 6.28. The first-order chi connectivity index (χ1) is 8.63. The van der Waals surface area contributed by atoms with Gasteiger partial charge in [-0.3, -0.25) is 4.57 Å². The van der Waals surface area contributed by atoms with E-state index in [1.54, 1.807) is 0 Å². The zero-order chi connectivity index (χ0) is 12.7. The summed E-state index contributed by atoms with van der Waals surface area (Å²) >= 11 is 8.58. The fraction of sp³-hybridized carbons (Fsp3) is 0.308. The molecule has 18 heavy (non-hydrogen) atoms. The first-order valence-electron chi connectivity index (χ1n) is 5.91. The molecule has 1 aliphatic carbocycles. The van der Waals surface area contributed by atoms with Gasteiger partial charge in [0.05, 0.1) is 16.4 Å². The smallest absolute Gasteiger partial charge is 0.208 e. The molecule has 1 N–H and O–H groups in total. The van der Waals surface area contributed by atoms with Crippen molar-refractivity contribution < 1.29 is 0 Å². The average molecular weight is 374 g/mol. The van der Waals surface area contributed by atoms with Gasteiger partial charge >= 0.3 is 0 Å². The number of anilines is 1. The molecule has 0 aliphatic heterocycles. The molecular weight excluding hydrogens is 361 g/mol. The van der Waals surface area contributed by atoms with E-state index >= 15 is 0 Å². The standard InChI is InChI=1S/C13H13ClIN3/c1-8-7-18(13(16-8)17-10-3-4-10)12-6-9(15)2-5-11(12)14/h2,5-7,10H,3-4H2,1H3,(H,16,17). The molecule has 0 radical (unpaired) electrons. The highest BCUT2D eigenvalue weighted by atomic mass is 127. The third-order valence-corrected chi connectivity index (χ3v) is 3.90. The summed E-state index contributed by atoms with van der Waals surface area (Å²) in [6.07, 6.45) is 4.47. The van der Waals surface area contributed by atoms with Crippen LogP contribution >= 0.6 is 34.2 Å². The minimum atomic E-state index is 0.576. The van der Waals surface area contributed by atoms with Crippen LogP contribution in [-0.4, -0.2) is 15.6 Å². The summed E-state index contributed by atoms with van der Waals surface area (Å²) in [6, 6.07) is 6.58. The lowest BCUT2D eigenvalue weighted by Crippen LogP contribution is -2.08. The summed E-state index contributed by atoms with van der Waals surface area (Å²) < 4.78 is 3.20. The molecule has 3 rings (SSSR count). The van der Waals surface area contributed by atoms with E-state index in [0.29, 0.717) is 6.04 Å². The van der Waals surface area contributed by atoms with Crippen LogP contribution in [0.3, 0.4) is 0 Å². The molecule has 0 atom stereocenters. The SMILES string of the molecule is Cc1cn(-c2cc(I)ccc2Cl)c(NC2CC2)n1. The molecule has 1 fully saturated rings. The van der Waals surface area contributed by atoms with Crippen LogP contribution in [0, 0.1) is 10.5 Å². The van der Waals surface area contributed by atoms with Crippen LogP contribution in [0.1, 0.15) is 18.5 Å². The minimum absolute atomic E-state index is 0.576. The van der Waals surface area contributed by atoms with Gasteiger partial charge in [-0.2, -0.15) is 0 Å². The average Bonchev–Trinajstić information content (AvgIpc) is 3.05. The molecule has 1 aromatic heterocycles. The highest BCUT2D eigenvalue weighted by Gasteiger charge is 2.23. The van der Waals surface area contributed by atoms with Crippen LogP contribution in [-0.2, 0) is 0 Å². The van der Waals surface area contributed by atoms with E-state index in [4.69, 9.17) is 11.6 Å². The van der Waals surface area contributed by atoms with Gasteiger partial charge in [-0.1, -0.05) is 11.6 Å². The van der Waals surface area contributed by atoms with Crippen LogP contribution in [0.2, 0.25) is 5.02 Å². The molecule has 2 aromatic rings. The molecule has 1 aliphatic rings. The van der Waals surface area contributed by atoms with Gasteiger partial charge in [-0.15, -0.1) is 0 Å². The van der Waals surface area contributed by atoms with Crippen molar-refractivity contribution in [2.24, 2.45) is 0 Å². The van der Waals surface area contributed by atoms with Crippen LogP contribution in [0.25, 0.3) is 5.69 Å². The second-order valence-electron chi connectivity index (χ2n) is 4.59. The van der Waals surface area contributed by atoms with Gasteiger partial charge in [0.2, 0.25) is 5.95 Å². The third-order valence-electron chi connectivity index (χ3n) is 2.90. The van der Waals surface area contributed by atoms with Gasteiger partial charge in [0.15, 0.2) is 0 Å². The number of nitrogens with one attached hydrogen (secondary N) is 1. The van der Waals surface area contributed by atoms with Gasteiger partial charge in [0.25, 0.3) is 0 Å². The maximum absolute atomic E-state index is 6.28. The normalized spacial score (nSPS) is 14.8. The van der Waals surface area contributed by atoms with Crippen LogP contribution in [0.5, 0.6) is 0 Å². The van der Waals surface area contributed by atoms with Crippen molar-refractivity contribution in [3.63, 3.8) is 0 Å². The number of hydrogen-bond acceptors (Lipinski definition) is 2. The number of aryl methyl sites for hydroxylation is 1. The van der Waals surface area contributed by atoms with Gasteiger partial charge in [0.1, 0.15) is 0 Å². The highest BCUT2D eigenvalue weighted by Crippen LogP contribution is 2.29. The Balaban J connectivity index is 2.06. The Kier molecular flexibility index (Phi) is 3.23. The molecule has 1 aromatic carbocycles. The lowest BCUT2D eigenvalue weighted by molar-refractivity contribution is 1.00. The molecule has 1 heterocycles. The predicted molar refractivity (Wildman–Crippen MR) is 82.7 cm³/mol. The largest absolute Gasteiger partial charge is 0.353 e. The van der Waals surface area contributed by atoms with E-state index < -0.39 is 0 Å². The second-order valence-corrected chi connectivity index (χ2v) is 6.24. The highest BCUT2D eigenvalue weighted by molar-refractivity contribution is 14.1. The van der Waals surface area contributed by atoms with Gasteiger partial charge in [-0.05, 0) is 60.6 Å². The van der Waals surface area contributed by atoms with Crippen LogP contribution in [0.15, 0.2) is 24.4 Å². The molecular formula is C13H13ClIN3. The quantitative estimate of drug-likeness (QED) is 0.824. The van der Waals surface area contributed by atoms with Crippen molar-refractivity contribution in [2.45, 2.75) is 25.8 Å². The topological polar surface area (TPSA) is 29.9 Å². The number of aromatic nitrogens is 2. The van der Waals surface area contributed by atoms with E-state index in [0.717, 1.165) is 25.9 Å². The Morgan fingerprint density at radius 3 is 2.94 bits per heavy atom. The molecule has 94 valence electrons. The van der Waals surface area contributed by atoms with Crippen molar-refractivity contribution in [1.82, 2.24) is 9.55 Å². The van der Waals surface area contributed by atoms with Crippen LogP contribution < -0.4 is 5.32 Å². The fourth-order valence-corrected chi connectivity index (χ4v) is 2.55. The van der Waals surface area contributed by atoms with Crippen molar-refractivity contribution in [3.8, 4) is 5.69 Å². The number of imidazole rings is 1. The lowest BCUT2D eigenvalue weighted by Gasteiger charge is -2.11. The minimum Gasteiger partial charge on any atom is -0.353 e. The van der Waals surface area contributed by atoms with Crippen molar-refractivity contribution in [1.29, 1.82) is 0 Å². The summed E-state index contributed by atoms with van der Waals surface area (Å²) in [4.78, 5) is 4.53. The number of halogens is 2. The molecule has 0 saturated heterocycles. The molecule has 0 unspecified atom stereocenters. The Hall–Kier alpha value is -0.750. The Labute approximate surface area is 125 Å². The Morgan fingerprint density at radius 1 is 1.44 bits per heavy atom. The third kappa shape index (κ3) is 2.49. The van der Waals surface area contributed by atoms with Crippen molar-refractivity contribution >= 4 is 40.1 Å². The van der Waals surface area contributed by atoms with Gasteiger partial charge in [0, 0.05) is 15.8 Å². The van der Waals surface area contributed by atoms with Gasteiger partial charge in [-0.25, -0.2) is 4.98 Å². The van der Waals surface area contributed by atoms with E-state index in [9.17, 15) is 0 Å². The predicted octanol–water partition coefficient (Wildman–Crippen LogP) is 4.01. The summed E-state index contributed by atoms with van der Waals surface area (Å²) in [5, 5.41) is 4.18. The number of rotatable bonds is 3. The molecule has 3 nitrogen and oxygen atoms in total. The van der Waals surface area contributed by atoms with E-state index in [2.05, 4.69) is 39.0 Å². The van der Waals surface area contributed by atoms with Crippen LogP contribution in [0.4, 0.5) is 5.95 Å². The van der Waals surface area contributed by atoms with Crippen molar-refractivity contribution in [2.75, 3.05) is 5.32 Å². The van der Waals surface area contributed by atoms with Gasteiger partial charge < -0.3 is 5.32 Å². The zero-order valence-electron chi connectivity index (χ0n) is 9.95.